The summed E-state index contributed by atoms with van der Waals surface area (Å²) in [6, 6.07) is 2.68. The highest BCUT2D eigenvalue weighted by Crippen LogP contribution is 2.16. The molecule has 0 aromatic carbocycles. The van der Waals surface area contributed by atoms with E-state index in [-0.39, 0.29) is 12.5 Å². The van der Waals surface area contributed by atoms with Crippen molar-refractivity contribution in [2.24, 2.45) is 0 Å². The normalized spacial score (nSPS) is 15.9. The van der Waals surface area contributed by atoms with Crippen LogP contribution in [0.4, 0.5) is 16.3 Å². The number of pyridine rings is 1. The minimum absolute atomic E-state index is 0.0310. The van der Waals surface area contributed by atoms with Gasteiger partial charge in [-0.2, -0.15) is 0 Å². The van der Waals surface area contributed by atoms with Gasteiger partial charge in [0.2, 0.25) is 0 Å². The number of nitrogen functional groups attached to an aromatic ring is 1. The molecule has 0 aliphatic carbocycles. The molecule has 1 aliphatic heterocycles. The number of urea groups is 1. The molecule has 0 saturated carbocycles. The fourth-order valence-electron chi connectivity index (χ4n) is 1.21. The van der Waals surface area contributed by atoms with Crippen LogP contribution in [0.1, 0.15) is 0 Å². The minimum Gasteiger partial charge on any atom is -0.384 e. The fraction of sp³-hybridized carbons (Fsp3) is 0.125. The van der Waals surface area contributed by atoms with Gasteiger partial charge in [0.1, 0.15) is 5.82 Å². The maximum atomic E-state index is 11.3. The summed E-state index contributed by atoms with van der Waals surface area (Å²) in [5.41, 5.74) is 5.81. The molecule has 6 nitrogen and oxygen atoms in total. The Balaban J connectivity index is 2.34. The largest absolute Gasteiger partial charge is 0.384 e. The molecule has 6 heteroatoms. The number of rotatable bonds is 1. The van der Waals surface area contributed by atoms with Crippen LogP contribution in [-0.2, 0) is 4.79 Å². The van der Waals surface area contributed by atoms with Crippen LogP contribution in [0.2, 0.25) is 0 Å². The molecule has 1 aromatic rings. The van der Waals surface area contributed by atoms with Gasteiger partial charge >= 0.3 is 6.03 Å². The summed E-state index contributed by atoms with van der Waals surface area (Å²) >= 11 is 0. The van der Waals surface area contributed by atoms with Crippen molar-refractivity contribution < 1.29 is 9.59 Å². The first kappa shape index (κ1) is 8.49. The first-order valence-electron chi connectivity index (χ1n) is 4.01. The average molecular weight is 192 g/mol. The highest BCUT2D eigenvalue weighted by Gasteiger charge is 2.29. The monoisotopic (exact) mass is 192 g/mol. The molecule has 0 atom stereocenters. The molecule has 0 spiro atoms. The van der Waals surface area contributed by atoms with Gasteiger partial charge in [-0.1, -0.05) is 0 Å². The second-order valence-electron chi connectivity index (χ2n) is 2.83. The Bertz CT molecular complexity index is 371. The number of amides is 3. The molecule has 14 heavy (non-hydrogen) atoms. The summed E-state index contributed by atoms with van der Waals surface area (Å²) in [5.74, 6) is 0.0578. The molecule has 3 amide bonds. The molecule has 0 radical (unpaired) electrons. The number of hydrogen-bond acceptors (Lipinski definition) is 4. The summed E-state index contributed by atoms with van der Waals surface area (Å²) in [6.07, 6.45) is 1.39. The van der Waals surface area contributed by atoms with E-state index in [1.165, 1.54) is 12.3 Å². The number of anilines is 2. The van der Waals surface area contributed by atoms with Crippen LogP contribution in [0, 0.1) is 0 Å². The highest BCUT2D eigenvalue weighted by molar-refractivity contribution is 6.19. The number of hydrogen-bond donors (Lipinski definition) is 2. The Hall–Kier alpha value is -2.11. The second-order valence-corrected chi connectivity index (χ2v) is 2.83. The standard InChI is InChI=1S/C8H8N4O2/c9-6-2-1-5(3-10-6)12-7(13)4-11-8(12)14/h1-3H,4H2,(H2,9,10)(H,11,14). The number of carbonyl (C=O) groups excluding carboxylic acids is 2. The van der Waals surface area contributed by atoms with E-state index in [0.29, 0.717) is 11.5 Å². The summed E-state index contributed by atoms with van der Waals surface area (Å²) < 4.78 is 0. The van der Waals surface area contributed by atoms with Crippen LogP contribution in [0.3, 0.4) is 0 Å². The van der Waals surface area contributed by atoms with E-state index in [4.69, 9.17) is 5.73 Å². The van der Waals surface area contributed by atoms with E-state index in [2.05, 4.69) is 10.3 Å². The summed E-state index contributed by atoms with van der Waals surface area (Å²) in [6.45, 7) is 0.0310. The Morgan fingerprint density at radius 3 is 2.71 bits per heavy atom. The van der Waals surface area contributed by atoms with Crippen LogP contribution >= 0.6 is 0 Å². The van der Waals surface area contributed by atoms with E-state index in [1.54, 1.807) is 6.07 Å². The molecule has 0 bridgehead atoms. The van der Waals surface area contributed by atoms with Gasteiger partial charge in [0.25, 0.3) is 5.91 Å². The predicted octanol–water partition coefficient (Wildman–Crippen LogP) is -0.280. The first-order valence-corrected chi connectivity index (χ1v) is 4.01. The van der Waals surface area contributed by atoms with Gasteiger partial charge < -0.3 is 11.1 Å². The number of imide groups is 1. The number of aromatic nitrogens is 1. The van der Waals surface area contributed by atoms with Gasteiger partial charge in [0, 0.05) is 0 Å². The zero-order chi connectivity index (χ0) is 10.1. The maximum Gasteiger partial charge on any atom is 0.329 e. The number of nitrogens with one attached hydrogen (secondary N) is 1. The molecule has 2 heterocycles. The van der Waals surface area contributed by atoms with Crippen molar-refractivity contribution in [2.45, 2.75) is 0 Å². The Labute approximate surface area is 79.7 Å². The molecule has 1 fully saturated rings. The van der Waals surface area contributed by atoms with Gasteiger partial charge in [-0.25, -0.2) is 14.7 Å². The summed E-state index contributed by atoms with van der Waals surface area (Å²) in [5, 5.41) is 2.41. The summed E-state index contributed by atoms with van der Waals surface area (Å²) in [7, 11) is 0. The molecule has 2 rings (SSSR count). The van der Waals surface area contributed by atoms with Crippen LogP contribution in [-0.4, -0.2) is 23.5 Å². The Kier molecular flexibility index (Phi) is 1.81. The van der Waals surface area contributed by atoms with Crippen molar-refractivity contribution in [1.82, 2.24) is 10.3 Å². The Morgan fingerprint density at radius 2 is 2.21 bits per heavy atom. The third-order valence-electron chi connectivity index (χ3n) is 1.87. The lowest BCUT2D eigenvalue weighted by atomic mass is 10.3. The highest BCUT2D eigenvalue weighted by atomic mass is 16.2. The van der Waals surface area contributed by atoms with Gasteiger partial charge in [-0.3, -0.25) is 4.79 Å². The molecule has 1 saturated heterocycles. The lowest BCUT2D eigenvalue weighted by molar-refractivity contribution is -0.115. The summed E-state index contributed by atoms with van der Waals surface area (Å²) in [4.78, 5) is 27.3. The molecule has 1 aromatic heterocycles. The van der Waals surface area contributed by atoms with Crippen LogP contribution in [0.25, 0.3) is 0 Å². The quantitative estimate of drug-likeness (QED) is 0.599. The van der Waals surface area contributed by atoms with Crippen LogP contribution in [0.15, 0.2) is 18.3 Å². The van der Waals surface area contributed by atoms with E-state index in [9.17, 15) is 9.59 Å². The van der Waals surface area contributed by atoms with Crippen LogP contribution in [0.5, 0.6) is 0 Å². The molecule has 0 unspecified atom stereocenters. The van der Waals surface area contributed by atoms with Crippen molar-refractivity contribution in [3.05, 3.63) is 18.3 Å². The number of nitrogens with two attached hydrogens (primary N) is 1. The van der Waals surface area contributed by atoms with E-state index in [0.717, 1.165) is 4.90 Å². The van der Waals surface area contributed by atoms with Gasteiger partial charge in [0.05, 0.1) is 18.4 Å². The van der Waals surface area contributed by atoms with Crippen molar-refractivity contribution in [3.8, 4) is 0 Å². The van der Waals surface area contributed by atoms with E-state index >= 15 is 0 Å². The maximum absolute atomic E-state index is 11.3. The average Bonchev–Trinajstić information content (AvgIpc) is 2.49. The topological polar surface area (TPSA) is 88.3 Å². The van der Waals surface area contributed by atoms with Gasteiger partial charge in [-0.15, -0.1) is 0 Å². The third kappa shape index (κ3) is 1.26. The van der Waals surface area contributed by atoms with Crippen molar-refractivity contribution in [1.29, 1.82) is 0 Å². The third-order valence-corrected chi connectivity index (χ3v) is 1.87. The zero-order valence-electron chi connectivity index (χ0n) is 7.23. The predicted molar refractivity (Wildman–Crippen MR) is 49.5 cm³/mol. The fourth-order valence-corrected chi connectivity index (χ4v) is 1.21. The SMILES string of the molecule is Nc1ccc(N2C(=O)CNC2=O)cn1. The minimum atomic E-state index is -0.429. The van der Waals surface area contributed by atoms with Crippen molar-refractivity contribution in [2.75, 3.05) is 17.2 Å². The van der Waals surface area contributed by atoms with Gasteiger partial charge in [-0.05, 0) is 12.1 Å². The molecule has 72 valence electrons. The second kappa shape index (κ2) is 2.99. The van der Waals surface area contributed by atoms with Crippen LogP contribution < -0.4 is 16.0 Å². The van der Waals surface area contributed by atoms with Crippen molar-refractivity contribution >= 4 is 23.4 Å². The molecular formula is C8H8N4O2. The molecular weight excluding hydrogens is 184 g/mol. The van der Waals surface area contributed by atoms with E-state index < -0.39 is 6.03 Å². The van der Waals surface area contributed by atoms with Crippen molar-refractivity contribution in [3.63, 3.8) is 0 Å². The zero-order valence-corrected chi connectivity index (χ0v) is 7.23. The lowest BCUT2D eigenvalue weighted by Gasteiger charge is -2.11. The number of nitrogens with zero attached hydrogens (tertiary/aromatic N) is 2. The van der Waals surface area contributed by atoms with Gasteiger partial charge in [0.15, 0.2) is 0 Å². The lowest BCUT2D eigenvalue weighted by Crippen LogP contribution is -2.30. The smallest absolute Gasteiger partial charge is 0.329 e. The van der Waals surface area contributed by atoms with E-state index in [1.807, 2.05) is 0 Å². The number of carbonyl (C=O) groups is 2. The molecule has 1 aliphatic rings. The first-order chi connectivity index (χ1) is 6.68. The Morgan fingerprint density at radius 1 is 1.43 bits per heavy atom. The molecule has 3 N–H and O–H groups in total.